The van der Waals surface area contributed by atoms with Crippen LogP contribution in [0.1, 0.15) is 78.1 Å². The second kappa shape index (κ2) is 9.48. The normalized spacial score (nSPS) is 16.9. The molecule has 0 aliphatic carbocycles. The molecule has 0 aromatic heterocycles. The van der Waals surface area contributed by atoms with Gasteiger partial charge in [-0.2, -0.15) is 0 Å². The maximum absolute atomic E-state index is 12.3. The van der Waals surface area contributed by atoms with Gasteiger partial charge in [-0.1, -0.05) is 63.9 Å². The molecule has 0 saturated carbocycles. The predicted octanol–water partition coefficient (Wildman–Crippen LogP) is 3.84. The van der Waals surface area contributed by atoms with Gasteiger partial charge in [0.25, 0.3) is 0 Å². The number of hydrogen-bond acceptors (Lipinski definition) is 3. The van der Waals surface area contributed by atoms with Crippen molar-refractivity contribution in [2.45, 2.75) is 78.1 Å². The van der Waals surface area contributed by atoms with E-state index in [0.29, 0.717) is 6.42 Å². The third-order valence-electron chi connectivity index (χ3n) is 4.38. The molecule has 1 heterocycles. The van der Waals surface area contributed by atoms with Crippen molar-refractivity contribution in [1.29, 1.82) is 0 Å². The maximum Gasteiger partial charge on any atom is 0.328 e. The molecule has 1 aliphatic rings. The Balaban J connectivity index is 2.49. The fourth-order valence-electron chi connectivity index (χ4n) is 3.13. The lowest BCUT2D eigenvalue weighted by molar-refractivity contribution is -0.145. The van der Waals surface area contributed by atoms with Gasteiger partial charge >= 0.3 is 6.03 Å². The first kappa shape index (κ1) is 19.4. The van der Waals surface area contributed by atoms with Crippen LogP contribution in [0.25, 0.3) is 0 Å². The van der Waals surface area contributed by atoms with Crippen LogP contribution in [0.5, 0.6) is 0 Å². The molecule has 1 rings (SSSR count). The number of nitrogens with one attached hydrogen (secondary N) is 2. The molecule has 0 bridgehead atoms. The second-order valence-electron chi connectivity index (χ2n) is 6.68. The van der Waals surface area contributed by atoms with Crippen LogP contribution in [-0.4, -0.2) is 17.8 Å². The van der Waals surface area contributed by atoms with Crippen molar-refractivity contribution in [2.24, 2.45) is 5.41 Å². The first-order chi connectivity index (χ1) is 10.9. The van der Waals surface area contributed by atoms with E-state index in [0.717, 1.165) is 24.8 Å². The number of carbonyl (C=O) groups is 3. The minimum absolute atomic E-state index is 0.286. The molecule has 1 aliphatic heterocycles. The lowest BCUT2D eigenvalue weighted by Crippen LogP contribution is -2.62. The zero-order valence-electron chi connectivity index (χ0n) is 14.5. The van der Waals surface area contributed by atoms with E-state index in [2.05, 4.69) is 24.1 Å². The fraction of sp³-hybridized carbons (Fsp3) is 0.722. The van der Waals surface area contributed by atoms with E-state index in [1.807, 2.05) is 0 Å². The number of barbiturate groups is 1. The minimum atomic E-state index is -1.18. The molecule has 23 heavy (non-hydrogen) atoms. The van der Waals surface area contributed by atoms with Crippen LogP contribution in [0.4, 0.5) is 4.79 Å². The Bertz CT molecular complexity index is 437. The quantitative estimate of drug-likeness (QED) is 0.345. The van der Waals surface area contributed by atoms with E-state index in [9.17, 15) is 14.4 Å². The first-order valence-electron chi connectivity index (χ1n) is 8.73. The highest BCUT2D eigenvalue weighted by Crippen LogP contribution is 2.34. The number of carbonyl (C=O) groups excluding carboxylic acids is 3. The first-order valence-corrected chi connectivity index (χ1v) is 8.73. The Morgan fingerprint density at radius 2 is 1.39 bits per heavy atom. The summed E-state index contributed by atoms with van der Waals surface area (Å²) in [4.78, 5) is 35.8. The summed E-state index contributed by atoms with van der Waals surface area (Å²) in [6.45, 7) is 7.82. The van der Waals surface area contributed by atoms with Gasteiger partial charge in [0.05, 0.1) is 0 Å². The summed E-state index contributed by atoms with van der Waals surface area (Å²) in [5.74, 6) is -0.977. The van der Waals surface area contributed by atoms with Gasteiger partial charge in [0.2, 0.25) is 11.8 Å². The summed E-state index contributed by atoms with van der Waals surface area (Å²) in [6, 6.07) is -0.728. The monoisotopic (exact) mass is 322 g/mol. The summed E-state index contributed by atoms with van der Waals surface area (Å²) >= 11 is 0. The number of amides is 4. The van der Waals surface area contributed by atoms with Crippen molar-refractivity contribution in [3.05, 3.63) is 12.2 Å². The predicted molar refractivity (Wildman–Crippen MR) is 90.8 cm³/mol. The third-order valence-corrected chi connectivity index (χ3v) is 4.38. The zero-order chi connectivity index (χ0) is 17.3. The van der Waals surface area contributed by atoms with E-state index in [1.165, 1.54) is 32.1 Å². The van der Waals surface area contributed by atoms with Crippen LogP contribution in [0.15, 0.2) is 12.2 Å². The summed E-state index contributed by atoms with van der Waals surface area (Å²) in [5.41, 5.74) is -0.411. The lowest BCUT2D eigenvalue weighted by Gasteiger charge is -2.34. The lowest BCUT2D eigenvalue weighted by atomic mass is 9.75. The molecule has 0 spiro atoms. The third kappa shape index (κ3) is 5.81. The van der Waals surface area contributed by atoms with E-state index < -0.39 is 23.3 Å². The number of unbranched alkanes of at least 4 members (excludes halogenated alkanes) is 7. The van der Waals surface area contributed by atoms with E-state index in [-0.39, 0.29) is 6.42 Å². The van der Waals surface area contributed by atoms with Crippen LogP contribution in [-0.2, 0) is 9.59 Å². The summed E-state index contributed by atoms with van der Waals surface area (Å²) in [6.07, 6.45) is 9.92. The standard InChI is InChI=1S/C18H30N2O3/c1-4-5-6-7-8-9-10-11-12-18(13-14(2)3)15(21)19-17(23)20-16(18)22/h2,4-13H2,1,3H3,(H2,19,20,21,22,23). The smallest absolute Gasteiger partial charge is 0.277 e. The van der Waals surface area contributed by atoms with Gasteiger partial charge in [-0.3, -0.25) is 20.2 Å². The van der Waals surface area contributed by atoms with Crippen LogP contribution in [0.2, 0.25) is 0 Å². The van der Waals surface area contributed by atoms with Crippen molar-refractivity contribution in [3.63, 3.8) is 0 Å². The highest BCUT2D eigenvalue weighted by molar-refractivity contribution is 6.19. The largest absolute Gasteiger partial charge is 0.328 e. The number of urea groups is 1. The average molecular weight is 322 g/mol. The Morgan fingerprint density at radius 1 is 0.913 bits per heavy atom. The molecule has 4 amide bonds. The van der Waals surface area contributed by atoms with Gasteiger partial charge in [-0.25, -0.2) is 4.79 Å². The summed E-state index contributed by atoms with van der Waals surface area (Å²) in [5, 5.41) is 4.46. The topological polar surface area (TPSA) is 75.3 Å². The molecule has 2 N–H and O–H groups in total. The van der Waals surface area contributed by atoms with Crippen LogP contribution >= 0.6 is 0 Å². The molecule has 0 aromatic rings. The fourth-order valence-corrected chi connectivity index (χ4v) is 3.13. The van der Waals surface area contributed by atoms with E-state index >= 15 is 0 Å². The van der Waals surface area contributed by atoms with Crippen molar-refractivity contribution in [1.82, 2.24) is 10.6 Å². The number of hydrogen-bond donors (Lipinski definition) is 2. The van der Waals surface area contributed by atoms with Crippen LogP contribution in [0, 0.1) is 5.41 Å². The highest BCUT2D eigenvalue weighted by atomic mass is 16.2. The van der Waals surface area contributed by atoms with Gasteiger partial charge in [0, 0.05) is 0 Å². The molecule has 5 heteroatoms. The highest BCUT2D eigenvalue weighted by Gasteiger charge is 2.49. The van der Waals surface area contributed by atoms with Gasteiger partial charge in [0.15, 0.2) is 0 Å². The Labute approximate surface area is 139 Å². The van der Waals surface area contributed by atoms with Gasteiger partial charge in [-0.15, -0.1) is 6.58 Å². The van der Waals surface area contributed by atoms with Gasteiger partial charge in [-0.05, 0) is 19.8 Å². The Morgan fingerprint density at radius 3 is 1.87 bits per heavy atom. The molecule has 1 saturated heterocycles. The summed E-state index contributed by atoms with van der Waals surface area (Å²) < 4.78 is 0. The molecule has 0 radical (unpaired) electrons. The van der Waals surface area contributed by atoms with E-state index in [4.69, 9.17) is 0 Å². The van der Waals surface area contributed by atoms with Crippen LogP contribution in [0.3, 0.4) is 0 Å². The molecule has 1 fully saturated rings. The Kier molecular flexibility index (Phi) is 8.00. The van der Waals surface area contributed by atoms with Gasteiger partial charge in [0.1, 0.15) is 5.41 Å². The van der Waals surface area contributed by atoms with Crippen LogP contribution < -0.4 is 10.6 Å². The van der Waals surface area contributed by atoms with Gasteiger partial charge < -0.3 is 0 Å². The SMILES string of the molecule is C=C(C)CC1(CCCCCCCCCC)C(=O)NC(=O)NC1=O. The molecular formula is C18H30N2O3. The molecule has 0 unspecified atom stereocenters. The molecule has 130 valence electrons. The molecular weight excluding hydrogens is 292 g/mol. The number of allylic oxidation sites excluding steroid dienone is 1. The van der Waals surface area contributed by atoms with Crippen molar-refractivity contribution >= 4 is 17.8 Å². The zero-order valence-corrected chi connectivity index (χ0v) is 14.5. The van der Waals surface area contributed by atoms with Crippen molar-refractivity contribution in [3.8, 4) is 0 Å². The number of rotatable bonds is 11. The number of imide groups is 2. The molecule has 0 atom stereocenters. The van der Waals surface area contributed by atoms with E-state index in [1.54, 1.807) is 6.92 Å². The summed E-state index contributed by atoms with van der Waals surface area (Å²) in [7, 11) is 0. The van der Waals surface area contributed by atoms with Crippen molar-refractivity contribution < 1.29 is 14.4 Å². The molecule has 0 aromatic carbocycles. The minimum Gasteiger partial charge on any atom is -0.277 e. The van der Waals surface area contributed by atoms with Crippen molar-refractivity contribution in [2.75, 3.05) is 0 Å². The molecule has 5 nitrogen and oxygen atoms in total. The maximum atomic E-state index is 12.3. The Hall–Kier alpha value is -1.65. The second-order valence-corrected chi connectivity index (χ2v) is 6.68. The average Bonchev–Trinajstić information content (AvgIpc) is 2.46.